The zero-order chi connectivity index (χ0) is 13.9. The summed E-state index contributed by atoms with van der Waals surface area (Å²) in [5.74, 6) is 0. The molecule has 0 saturated heterocycles. The van der Waals surface area contributed by atoms with Gasteiger partial charge in [-0.1, -0.05) is 39.0 Å². The van der Waals surface area contributed by atoms with Crippen LogP contribution in [0.25, 0.3) is 0 Å². The largest absolute Gasteiger partial charge is 0.312 e. The molecule has 19 heavy (non-hydrogen) atoms. The Morgan fingerprint density at radius 2 is 2.32 bits per heavy atom. The van der Waals surface area contributed by atoms with Gasteiger partial charge in [-0.2, -0.15) is 5.10 Å². The molecule has 1 aliphatic carbocycles. The summed E-state index contributed by atoms with van der Waals surface area (Å²) in [5.41, 5.74) is 0.365. The highest BCUT2D eigenvalue weighted by Crippen LogP contribution is 2.42. The number of thioether (sulfide) groups is 1. The molecule has 4 nitrogen and oxygen atoms in total. The summed E-state index contributed by atoms with van der Waals surface area (Å²) in [6.45, 7) is 8.12. The molecule has 1 aliphatic rings. The van der Waals surface area contributed by atoms with E-state index in [1.165, 1.54) is 25.7 Å². The van der Waals surface area contributed by atoms with Crippen LogP contribution in [0.3, 0.4) is 0 Å². The number of hydrogen-bond acceptors (Lipinski definition) is 4. The third-order valence-corrected chi connectivity index (χ3v) is 5.46. The second kappa shape index (κ2) is 6.27. The number of nitrogens with zero attached hydrogens (tertiary/aromatic N) is 3. The van der Waals surface area contributed by atoms with Gasteiger partial charge in [0.15, 0.2) is 5.16 Å². The summed E-state index contributed by atoms with van der Waals surface area (Å²) in [6, 6.07) is 0.558. The summed E-state index contributed by atoms with van der Waals surface area (Å²) in [4.78, 5) is 4.36. The molecule has 5 heteroatoms. The Balaban J connectivity index is 2.09. The van der Waals surface area contributed by atoms with Crippen LogP contribution in [-0.2, 0) is 7.05 Å². The van der Waals surface area contributed by atoms with Gasteiger partial charge in [0.05, 0.1) is 0 Å². The van der Waals surface area contributed by atoms with Crippen molar-refractivity contribution >= 4 is 11.8 Å². The molecular weight excluding hydrogens is 256 g/mol. The lowest BCUT2D eigenvalue weighted by molar-refractivity contribution is 0.174. The fourth-order valence-electron chi connectivity index (χ4n) is 2.95. The van der Waals surface area contributed by atoms with Gasteiger partial charge in [-0.3, -0.25) is 0 Å². The van der Waals surface area contributed by atoms with Gasteiger partial charge < -0.3 is 5.32 Å². The lowest BCUT2D eigenvalue weighted by atomic mass is 9.73. The molecule has 1 aromatic rings. The second-order valence-electron chi connectivity index (χ2n) is 6.14. The topological polar surface area (TPSA) is 42.7 Å². The molecule has 108 valence electrons. The smallest absolute Gasteiger partial charge is 0.186 e. The Hall–Kier alpha value is -0.550. The molecule has 0 radical (unpaired) electrons. The maximum Gasteiger partial charge on any atom is 0.186 e. The first-order chi connectivity index (χ1) is 9.04. The average molecular weight is 282 g/mol. The maximum absolute atomic E-state index is 4.36. The van der Waals surface area contributed by atoms with Crippen LogP contribution in [0.4, 0.5) is 0 Å². The molecule has 0 aliphatic heterocycles. The molecule has 0 spiro atoms. The van der Waals surface area contributed by atoms with Crippen molar-refractivity contribution < 1.29 is 0 Å². The van der Waals surface area contributed by atoms with Gasteiger partial charge in [-0.25, -0.2) is 9.67 Å². The first-order valence-electron chi connectivity index (χ1n) is 7.28. The molecule has 0 aromatic carbocycles. The average Bonchev–Trinajstić information content (AvgIpc) is 2.74. The van der Waals surface area contributed by atoms with Crippen molar-refractivity contribution in [2.24, 2.45) is 12.5 Å². The fourth-order valence-corrected chi connectivity index (χ4v) is 4.41. The van der Waals surface area contributed by atoms with E-state index in [9.17, 15) is 0 Å². The third kappa shape index (κ3) is 3.51. The fraction of sp³-hybridized carbons (Fsp3) is 0.857. The molecule has 1 heterocycles. The Labute approximate surface area is 120 Å². The minimum atomic E-state index is 0.365. The zero-order valence-corrected chi connectivity index (χ0v) is 13.3. The van der Waals surface area contributed by atoms with Gasteiger partial charge in [0.2, 0.25) is 0 Å². The van der Waals surface area contributed by atoms with Crippen LogP contribution in [0, 0.1) is 5.41 Å². The number of rotatable bonds is 5. The van der Waals surface area contributed by atoms with Crippen LogP contribution >= 0.6 is 11.8 Å². The summed E-state index contributed by atoms with van der Waals surface area (Å²) in [7, 11) is 1.97. The first kappa shape index (κ1) is 14.9. The van der Waals surface area contributed by atoms with E-state index in [1.807, 2.05) is 23.5 Å². The van der Waals surface area contributed by atoms with Gasteiger partial charge in [-0.15, -0.1) is 0 Å². The SMILES string of the molecule is CCCNC1C(Sc2ncnn2C)CCCC1(C)C. The number of aryl methyl sites for hydroxylation is 1. The van der Waals surface area contributed by atoms with Crippen LogP contribution in [0.1, 0.15) is 46.5 Å². The molecule has 1 N–H and O–H groups in total. The van der Waals surface area contributed by atoms with Crippen LogP contribution in [0.5, 0.6) is 0 Å². The van der Waals surface area contributed by atoms with Gasteiger partial charge in [0, 0.05) is 18.3 Å². The van der Waals surface area contributed by atoms with Crippen molar-refractivity contribution in [3.8, 4) is 0 Å². The van der Waals surface area contributed by atoms with Crippen molar-refractivity contribution in [1.29, 1.82) is 0 Å². The molecule has 1 aromatic heterocycles. The number of aromatic nitrogens is 3. The van der Waals surface area contributed by atoms with Crippen molar-refractivity contribution in [2.45, 2.75) is 62.9 Å². The van der Waals surface area contributed by atoms with E-state index in [4.69, 9.17) is 0 Å². The van der Waals surface area contributed by atoms with Crippen molar-refractivity contribution in [2.75, 3.05) is 6.54 Å². The molecular formula is C14H26N4S. The Bertz CT molecular complexity index is 402. The number of nitrogens with one attached hydrogen (secondary N) is 1. The predicted molar refractivity (Wildman–Crippen MR) is 80.4 cm³/mol. The Kier molecular flexibility index (Phi) is 4.90. The van der Waals surface area contributed by atoms with E-state index in [2.05, 4.69) is 36.2 Å². The van der Waals surface area contributed by atoms with E-state index in [0.29, 0.717) is 16.7 Å². The highest BCUT2D eigenvalue weighted by molar-refractivity contribution is 7.99. The van der Waals surface area contributed by atoms with Crippen LogP contribution < -0.4 is 5.32 Å². The lowest BCUT2D eigenvalue weighted by Crippen LogP contribution is -2.51. The Morgan fingerprint density at radius 1 is 1.53 bits per heavy atom. The van der Waals surface area contributed by atoms with E-state index in [1.54, 1.807) is 6.33 Å². The summed E-state index contributed by atoms with van der Waals surface area (Å²) in [6.07, 6.45) is 6.72. The van der Waals surface area contributed by atoms with Gasteiger partial charge >= 0.3 is 0 Å². The standard InChI is InChI=1S/C14H26N4S/c1-5-9-15-12-11(7-6-8-14(12,2)3)19-13-16-10-17-18(13)4/h10-12,15H,5-9H2,1-4H3. The first-order valence-corrected chi connectivity index (χ1v) is 8.16. The van der Waals surface area contributed by atoms with Crippen LogP contribution in [0.2, 0.25) is 0 Å². The second-order valence-corrected chi connectivity index (χ2v) is 7.34. The van der Waals surface area contributed by atoms with E-state index < -0.39 is 0 Å². The molecule has 0 bridgehead atoms. The minimum Gasteiger partial charge on any atom is -0.312 e. The molecule has 1 fully saturated rings. The van der Waals surface area contributed by atoms with Gasteiger partial charge in [0.25, 0.3) is 0 Å². The van der Waals surface area contributed by atoms with Crippen LogP contribution in [-0.4, -0.2) is 32.6 Å². The van der Waals surface area contributed by atoms with Crippen molar-refractivity contribution in [3.63, 3.8) is 0 Å². The monoisotopic (exact) mass is 282 g/mol. The third-order valence-electron chi connectivity index (χ3n) is 4.06. The zero-order valence-electron chi connectivity index (χ0n) is 12.5. The maximum atomic E-state index is 4.36. The minimum absolute atomic E-state index is 0.365. The highest BCUT2D eigenvalue weighted by Gasteiger charge is 2.39. The van der Waals surface area contributed by atoms with Crippen molar-refractivity contribution in [1.82, 2.24) is 20.1 Å². The van der Waals surface area contributed by atoms with E-state index >= 15 is 0 Å². The molecule has 2 rings (SSSR count). The molecule has 1 saturated carbocycles. The van der Waals surface area contributed by atoms with E-state index in [0.717, 1.165) is 11.7 Å². The highest BCUT2D eigenvalue weighted by atomic mass is 32.2. The summed E-state index contributed by atoms with van der Waals surface area (Å²) in [5, 5.41) is 9.56. The molecule has 0 amide bonds. The van der Waals surface area contributed by atoms with E-state index in [-0.39, 0.29) is 0 Å². The summed E-state index contributed by atoms with van der Waals surface area (Å²) >= 11 is 1.89. The van der Waals surface area contributed by atoms with Crippen LogP contribution in [0.15, 0.2) is 11.5 Å². The Morgan fingerprint density at radius 3 is 2.95 bits per heavy atom. The number of hydrogen-bond donors (Lipinski definition) is 1. The van der Waals surface area contributed by atoms with Crippen molar-refractivity contribution in [3.05, 3.63) is 6.33 Å². The lowest BCUT2D eigenvalue weighted by Gasteiger charge is -2.44. The molecule has 2 atom stereocenters. The predicted octanol–water partition coefficient (Wildman–Crippen LogP) is 2.85. The van der Waals surface area contributed by atoms with Gasteiger partial charge in [0.1, 0.15) is 6.33 Å². The van der Waals surface area contributed by atoms with Gasteiger partial charge in [-0.05, 0) is 31.2 Å². The normalized spacial score (nSPS) is 26.5. The quantitative estimate of drug-likeness (QED) is 0.902. The molecule has 2 unspecified atom stereocenters. The summed E-state index contributed by atoms with van der Waals surface area (Å²) < 4.78 is 1.88.